The number of nitrogens with zero attached hydrogens (tertiary/aromatic N) is 3. The number of likely N-dealkylation sites (N-methyl/N-ethyl adjacent to an activating group) is 1. The smallest absolute Gasteiger partial charge is 0.124 e. The molecule has 148 valence electrons. The van der Waals surface area contributed by atoms with Crippen molar-refractivity contribution in [2.45, 2.75) is 18.6 Å². The number of methoxy groups -OCH3 is 2. The first-order chi connectivity index (χ1) is 13.5. The molecule has 0 amide bonds. The van der Waals surface area contributed by atoms with Crippen LogP contribution in [0.2, 0.25) is 0 Å². The van der Waals surface area contributed by atoms with Gasteiger partial charge in [0, 0.05) is 49.6 Å². The van der Waals surface area contributed by atoms with E-state index in [1.165, 1.54) is 0 Å². The Kier molecular flexibility index (Phi) is 6.40. The average molecular weight is 381 g/mol. The molecule has 0 radical (unpaired) electrons. The number of ether oxygens (including phenoxy) is 2. The zero-order valence-corrected chi connectivity index (χ0v) is 16.6. The molecule has 1 saturated heterocycles. The van der Waals surface area contributed by atoms with Crippen molar-refractivity contribution in [2.75, 3.05) is 45.8 Å². The summed E-state index contributed by atoms with van der Waals surface area (Å²) in [5.41, 5.74) is 2.52. The summed E-state index contributed by atoms with van der Waals surface area (Å²) >= 11 is 0. The minimum Gasteiger partial charge on any atom is -0.497 e. The fourth-order valence-electron chi connectivity index (χ4n) is 3.62. The van der Waals surface area contributed by atoms with Crippen LogP contribution in [0.4, 0.5) is 5.69 Å². The van der Waals surface area contributed by atoms with Gasteiger partial charge in [0.25, 0.3) is 0 Å². The number of anilines is 1. The lowest BCUT2D eigenvalue weighted by Gasteiger charge is -2.27. The first-order valence-electron chi connectivity index (χ1n) is 9.40. The van der Waals surface area contributed by atoms with Crippen molar-refractivity contribution in [1.82, 2.24) is 4.90 Å². The van der Waals surface area contributed by atoms with Crippen LogP contribution in [0.3, 0.4) is 0 Å². The van der Waals surface area contributed by atoms with Crippen LogP contribution in [0, 0.1) is 11.3 Å². The number of hydrogen-bond acceptors (Lipinski definition) is 6. The van der Waals surface area contributed by atoms with Crippen LogP contribution in [0.5, 0.6) is 11.5 Å². The van der Waals surface area contributed by atoms with Crippen molar-refractivity contribution in [3.05, 3.63) is 53.6 Å². The summed E-state index contributed by atoms with van der Waals surface area (Å²) < 4.78 is 10.8. The van der Waals surface area contributed by atoms with Crippen LogP contribution in [-0.4, -0.2) is 56.9 Å². The van der Waals surface area contributed by atoms with E-state index < -0.39 is 6.10 Å². The van der Waals surface area contributed by atoms with Crippen molar-refractivity contribution in [3.63, 3.8) is 0 Å². The molecule has 0 saturated carbocycles. The molecule has 6 heteroatoms. The van der Waals surface area contributed by atoms with Gasteiger partial charge in [0.1, 0.15) is 11.5 Å². The Morgan fingerprint density at radius 2 is 1.82 bits per heavy atom. The van der Waals surface area contributed by atoms with Gasteiger partial charge < -0.3 is 19.5 Å². The van der Waals surface area contributed by atoms with Gasteiger partial charge in [0.2, 0.25) is 0 Å². The second kappa shape index (κ2) is 8.96. The van der Waals surface area contributed by atoms with Crippen molar-refractivity contribution in [3.8, 4) is 17.6 Å². The molecule has 1 aliphatic rings. The first-order valence-corrected chi connectivity index (χ1v) is 9.40. The third-order valence-electron chi connectivity index (χ3n) is 5.37. The number of rotatable bonds is 7. The molecule has 0 aliphatic carbocycles. The molecule has 28 heavy (non-hydrogen) atoms. The Hall–Kier alpha value is -2.75. The Labute approximate surface area is 166 Å². The first kappa shape index (κ1) is 20.0. The maximum atomic E-state index is 10.6. The molecule has 2 aromatic rings. The highest BCUT2D eigenvalue weighted by Crippen LogP contribution is 2.31. The summed E-state index contributed by atoms with van der Waals surface area (Å²) in [6.45, 7) is 2.37. The average Bonchev–Trinajstić information content (AvgIpc) is 3.23. The van der Waals surface area contributed by atoms with E-state index in [2.05, 4.69) is 15.9 Å². The van der Waals surface area contributed by atoms with Crippen LogP contribution >= 0.6 is 0 Å². The molecule has 1 N–H and O–H groups in total. The highest BCUT2D eigenvalue weighted by molar-refractivity contribution is 5.56. The molecule has 2 atom stereocenters. The van der Waals surface area contributed by atoms with E-state index in [0.29, 0.717) is 18.2 Å². The van der Waals surface area contributed by atoms with E-state index in [-0.39, 0.29) is 0 Å². The van der Waals surface area contributed by atoms with Crippen molar-refractivity contribution in [2.24, 2.45) is 0 Å². The Balaban J connectivity index is 1.62. The zero-order valence-electron chi connectivity index (χ0n) is 16.6. The highest BCUT2D eigenvalue weighted by atomic mass is 16.5. The quantitative estimate of drug-likeness (QED) is 0.795. The molecule has 6 nitrogen and oxygen atoms in total. The minimum atomic E-state index is -0.580. The van der Waals surface area contributed by atoms with Crippen LogP contribution in [0.15, 0.2) is 42.5 Å². The van der Waals surface area contributed by atoms with Gasteiger partial charge in [-0.3, -0.25) is 4.90 Å². The van der Waals surface area contributed by atoms with Crippen LogP contribution in [0.25, 0.3) is 0 Å². The molecular weight excluding hydrogens is 354 g/mol. The van der Waals surface area contributed by atoms with Gasteiger partial charge in [-0.15, -0.1) is 0 Å². The van der Waals surface area contributed by atoms with Gasteiger partial charge in [-0.25, -0.2) is 0 Å². The third kappa shape index (κ3) is 4.56. The van der Waals surface area contributed by atoms with Gasteiger partial charge >= 0.3 is 0 Å². The molecule has 0 aromatic heterocycles. The van der Waals surface area contributed by atoms with Crippen LogP contribution < -0.4 is 14.4 Å². The van der Waals surface area contributed by atoms with E-state index >= 15 is 0 Å². The highest BCUT2D eigenvalue weighted by Gasteiger charge is 2.27. The van der Waals surface area contributed by atoms with E-state index in [1.807, 2.05) is 37.4 Å². The number of benzene rings is 2. The topological polar surface area (TPSA) is 69.0 Å². The van der Waals surface area contributed by atoms with E-state index in [9.17, 15) is 5.11 Å². The zero-order chi connectivity index (χ0) is 20.1. The summed E-state index contributed by atoms with van der Waals surface area (Å²) in [7, 11) is 5.36. The van der Waals surface area contributed by atoms with E-state index in [1.54, 1.807) is 26.4 Å². The molecule has 1 heterocycles. The lowest BCUT2D eigenvalue weighted by molar-refractivity contribution is 0.109. The SMILES string of the molecule is COc1cc(OC)cc(N2CC[C@H](N(C)C[C@H](O)c3ccc(C#N)cc3)C2)c1. The predicted octanol–water partition coefficient (Wildman–Crippen LogP) is 2.82. The molecular formula is C22H27N3O3. The Bertz CT molecular complexity index is 810. The normalized spacial score (nSPS) is 17.4. The van der Waals surface area contributed by atoms with Gasteiger partial charge in [-0.05, 0) is 31.2 Å². The molecule has 0 bridgehead atoms. The van der Waals surface area contributed by atoms with Crippen LogP contribution in [0.1, 0.15) is 23.7 Å². The molecule has 0 spiro atoms. The largest absolute Gasteiger partial charge is 0.497 e. The van der Waals surface area contributed by atoms with Crippen molar-refractivity contribution < 1.29 is 14.6 Å². The fourth-order valence-corrected chi connectivity index (χ4v) is 3.62. The standard InChI is InChI=1S/C22H27N3O3/c1-24(15-22(26)17-6-4-16(13-23)5-7-17)18-8-9-25(14-18)19-10-20(27-2)12-21(11-19)28-3/h4-7,10-12,18,22,26H,8-9,14-15H2,1-3H3/t18-,22-/m0/s1. The van der Waals surface area contributed by atoms with Crippen molar-refractivity contribution in [1.29, 1.82) is 5.26 Å². The monoisotopic (exact) mass is 381 g/mol. The Morgan fingerprint density at radius 3 is 2.39 bits per heavy atom. The number of aliphatic hydroxyl groups excluding tert-OH is 1. The van der Waals surface area contributed by atoms with Gasteiger partial charge in [0.15, 0.2) is 0 Å². The predicted molar refractivity (Wildman–Crippen MR) is 109 cm³/mol. The van der Waals surface area contributed by atoms with Gasteiger partial charge in [-0.2, -0.15) is 5.26 Å². The van der Waals surface area contributed by atoms with Gasteiger partial charge in [-0.1, -0.05) is 12.1 Å². The molecule has 0 unspecified atom stereocenters. The minimum absolute atomic E-state index is 0.352. The second-order valence-corrected chi connectivity index (χ2v) is 7.15. The lowest BCUT2D eigenvalue weighted by Crippen LogP contribution is -2.37. The van der Waals surface area contributed by atoms with Gasteiger partial charge in [0.05, 0.1) is 32.0 Å². The summed E-state index contributed by atoms with van der Waals surface area (Å²) in [6, 6.07) is 15.5. The van der Waals surface area contributed by atoms with Crippen molar-refractivity contribution >= 4 is 5.69 Å². The summed E-state index contributed by atoms with van der Waals surface area (Å²) in [4.78, 5) is 4.53. The maximum Gasteiger partial charge on any atom is 0.124 e. The lowest BCUT2D eigenvalue weighted by atomic mass is 10.1. The fraction of sp³-hybridized carbons (Fsp3) is 0.409. The molecule has 2 aromatic carbocycles. The summed E-state index contributed by atoms with van der Waals surface area (Å²) in [6.07, 6.45) is 0.444. The van der Waals surface area contributed by atoms with E-state index in [0.717, 1.165) is 42.3 Å². The summed E-state index contributed by atoms with van der Waals surface area (Å²) in [5, 5.41) is 19.5. The molecule has 1 aliphatic heterocycles. The van der Waals surface area contributed by atoms with E-state index in [4.69, 9.17) is 14.7 Å². The van der Waals surface area contributed by atoms with Crippen LogP contribution in [-0.2, 0) is 0 Å². The second-order valence-electron chi connectivity index (χ2n) is 7.15. The summed E-state index contributed by atoms with van der Waals surface area (Å²) in [5.74, 6) is 1.56. The molecule has 3 rings (SSSR count). The third-order valence-corrected chi connectivity index (χ3v) is 5.37. The maximum absolute atomic E-state index is 10.6. The Morgan fingerprint density at radius 1 is 1.18 bits per heavy atom. The number of aliphatic hydroxyl groups is 1. The number of nitriles is 1. The number of hydrogen-bond donors (Lipinski definition) is 1. The molecule has 1 fully saturated rings.